The predicted octanol–water partition coefficient (Wildman–Crippen LogP) is 4.62. The van der Waals surface area contributed by atoms with Gasteiger partial charge in [-0.1, -0.05) is 12.1 Å². The molecule has 0 fully saturated rings. The first-order valence-electron chi connectivity index (χ1n) is 6.72. The maximum atomic E-state index is 13.7. The number of nitrogens with one attached hydrogen (secondary N) is 1. The highest BCUT2D eigenvalue weighted by atomic mass is 32.1. The quantitative estimate of drug-likeness (QED) is 0.849. The van der Waals surface area contributed by atoms with Gasteiger partial charge in [-0.05, 0) is 45.4 Å². The van der Waals surface area contributed by atoms with Crippen molar-refractivity contribution in [2.75, 3.05) is 0 Å². The van der Waals surface area contributed by atoms with Crippen LogP contribution >= 0.6 is 11.3 Å². The number of benzene rings is 1. The summed E-state index contributed by atoms with van der Waals surface area (Å²) in [7, 11) is 0. The van der Waals surface area contributed by atoms with Gasteiger partial charge < -0.3 is 5.32 Å². The van der Waals surface area contributed by atoms with E-state index in [2.05, 4.69) is 31.3 Å². The Morgan fingerprint density at radius 1 is 1.15 bits per heavy atom. The van der Waals surface area contributed by atoms with Crippen molar-refractivity contribution in [1.29, 1.82) is 0 Å². The summed E-state index contributed by atoms with van der Waals surface area (Å²) in [5.74, 6) is -1.55. The molecule has 2 unspecified atom stereocenters. The lowest BCUT2D eigenvalue weighted by molar-refractivity contribution is 0.442. The van der Waals surface area contributed by atoms with E-state index in [1.54, 1.807) is 23.5 Å². The summed E-state index contributed by atoms with van der Waals surface area (Å²) in [5.41, 5.74) is 0.374. The summed E-state index contributed by atoms with van der Waals surface area (Å²) in [5, 5.41) is 3.32. The largest absolute Gasteiger partial charge is 0.307 e. The minimum Gasteiger partial charge on any atom is -0.307 e. The first-order chi connectivity index (χ1) is 9.47. The van der Waals surface area contributed by atoms with Gasteiger partial charge in [0, 0.05) is 27.4 Å². The van der Waals surface area contributed by atoms with Crippen molar-refractivity contribution in [2.24, 2.45) is 0 Å². The highest BCUT2D eigenvalue weighted by molar-refractivity contribution is 7.11. The van der Waals surface area contributed by atoms with Crippen molar-refractivity contribution in [1.82, 2.24) is 5.32 Å². The molecule has 108 valence electrons. The molecule has 0 aliphatic rings. The Labute approximate surface area is 122 Å². The summed E-state index contributed by atoms with van der Waals surface area (Å²) >= 11 is 1.77. The highest BCUT2D eigenvalue weighted by Crippen LogP contribution is 2.21. The van der Waals surface area contributed by atoms with E-state index in [1.165, 1.54) is 9.75 Å². The van der Waals surface area contributed by atoms with Crippen molar-refractivity contribution < 1.29 is 8.78 Å². The molecule has 0 aliphatic heterocycles. The van der Waals surface area contributed by atoms with Crippen LogP contribution in [0.3, 0.4) is 0 Å². The Balaban J connectivity index is 2.00. The minimum atomic E-state index is -0.794. The molecule has 1 nitrogen and oxygen atoms in total. The van der Waals surface area contributed by atoms with Gasteiger partial charge in [-0.25, -0.2) is 8.78 Å². The Morgan fingerprint density at radius 3 is 2.55 bits per heavy atom. The third kappa shape index (κ3) is 3.64. The monoisotopic (exact) mass is 295 g/mol. The molecule has 0 amide bonds. The van der Waals surface area contributed by atoms with E-state index >= 15 is 0 Å². The number of hydrogen-bond donors (Lipinski definition) is 1. The van der Waals surface area contributed by atoms with Crippen LogP contribution in [0.15, 0.2) is 30.3 Å². The van der Waals surface area contributed by atoms with Gasteiger partial charge in [0.05, 0.1) is 0 Å². The first kappa shape index (κ1) is 15.1. The van der Waals surface area contributed by atoms with Crippen LogP contribution < -0.4 is 5.32 Å². The number of rotatable bonds is 5. The Hall–Kier alpha value is -1.26. The summed E-state index contributed by atoms with van der Waals surface area (Å²) < 4.78 is 26.9. The molecule has 1 N–H and O–H groups in total. The summed E-state index contributed by atoms with van der Waals surface area (Å²) in [6.07, 6.45) is 0.889. The normalized spacial score (nSPS) is 14.2. The molecular formula is C16H19F2NS. The fourth-order valence-corrected chi connectivity index (χ4v) is 3.35. The standard InChI is InChI=1S/C16H19F2NS/c1-10(9-13-8-7-11(2)20-13)19-12(3)14-5-4-6-15(17)16(14)18/h4-8,10,12,19H,9H2,1-3H3. The second kappa shape index (κ2) is 6.46. The summed E-state index contributed by atoms with van der Waals surface area (Å²) in [6.45, 7) is 5.99. The van der Waals surface area contributed by atoms with Crippen molar-refractivity contribution >= 4 is 11.3 Å². The average Bonchev–Trinajstić information content (AvgIpc) is 2.77. The van der Waals surface area contributed by atoms with Crippen molar-refractivity contribution in [2.45, 2.75) is 39.3 Å². The molecule has 1 aromatic carbocycles. The molecule has 0 bridgehead atoms. The van der Waals surface area contributed by atoms with E-state index in [4.69, 9.17) is 0 Å². The van der Waals surface area contributed by atoms with Crippen molar-refractivity contribution in [3.8, 4) is 0 Å². The topological polar surface area (TPSA) is 12.0 Å². The van der Waals surface area contributed by atoms with Gasteiger partial charge >= 0.3 is 0 Å². The Kier molecular flexibility index (Phi) is 4.89. The van der Waals surface area contributed by atoms with Gasteiger partial charge in [0.1, 0.15) is 0 Å². The lowest BCUT2D eigenvalue weighted by Gasteiger charge is -2.20. The third-order valence-electron chi connectivity index (χ3n) is 3.29. The Bertz CT molecular complexity index is 580. The molecule has 2 aromatic rings. The third-order valence-corrected chi connectivity index (χ3v) is 4.31. The minimum absolute atomic E-state index is 0.200. The summed E-state index contributed by atoms with van der Waals surface area (Å²) in [4.78, 5) is 2.59. The zero-order valence-electron chi connectivity index (χ0n) is 11.9. The van der Waals surface area contributed by atoms with E-state index in [0.717, 1.165) is 12.5 Å². The molecule has 0 radical (unpaired) electrons. The van der Waals surface area contributed by atoms with Crippen LogP contribution in [0.5, 0.6) is 0 Å². The molecule has 0 saturated heterocycles. The zero-order valence-corrected chi connectivity index (χ0v) is 12.7. The van der Waals surface area contributed by atoms with E-state index in [0.29, 0.717) is 5.56 Å². The van der Waals surface area contributed by atoms with Gasteiger partial charge in [-0.3, -0.25) is 0 Å². The number of thiophene rings is 1. The van der Waals surface area contributed by atoms with Crippen molar-refractivity contribution in [3.05, 3.63) is 57.3 Å². The second-order valence-corrected chi connectivity index (χ2v) is 6.52. The Morgan fingerprint density at radius 2 is 1.90 bits per heavy atom. The molecule has 2 rings (SSSR count). The zero-order chi connectivity index (χ0) is 14.7. The van der Waals surface area contributed by atoms with Gasteiger partial charge in [-0.15, -0.1) is 11.3 Å². The maximum absolute atomic E-state index is 13.7. The van der Waals surface area contributed by atoms with E-state index in [-0.39, 0.29) is 12.1 Å². The van der Waals surface area contributed by atoms with E-state index in [9.17, 15) is 8.78 Å². The van der Waals surface area contributed by atoms with Gasteiger partial charge in [-0.2, -0.15) is 0 Å². The number of aryl methyl sites for hydroxylation is 1. The average molecular weight is 295 g/mol. The van der Waals surface area contributed by atoms with Gasteiger partial charge in [0.25, 0.3) is 0 Å². The molecule has 4 heteroatoms. The van der Waals surface area contributed by atoms with Crippen LogP contribution in [0, 0.1) is 18.6 Å². The molecular weight excluding hydrogens is 276 g/mol. The van der Waals surface area contributed by atoms with Crippen LogP contribution in [0.25, 0.3) is 0 Å². The van der Waals surface area contributed by atoms with Crippen LogP contribution in [0.2, 0.25) is 0 Å². The van der Waals surface area contributed by atoms with Gasteiger partial charge in [0.15, 0.2) is 11.6 Å². The van der Waals surface area contributed by atoms with Crippen molar-refractivity contribution in [3.63, 3.8) is 0 Å². The highest BCUT2D eigenvalue weighted by Gasteiger charge is 2.16. The van der Waals surface area contributed by atoms with E-state index < -0.39 is 11.6 Å². The molecule has 0 saturated carbocycles. The first-order valence-corrected chi connectivity index (χ1v) is 7.54. The fourth-order valence-electron chi connectivity index (χ4n) is 2.33. The van der Waals surface area contributed by atoms with Crippen LogP contribution in [-0.4, -0.2) is 6.04 Å². The second-order valence-electron chi connectivity index (χ2n) is 5.15. The van der Waals surface area contributed by atoms with E-state index in [1.807, 2.05) is 6.92 Å². The molecule has 1 heterocycles. The molecule has 20 heavy (non-hydrogen) atoms. The lowest BCUT2D eigenvalue weighted by Crippen LogP contribution is -2.31. The summed E-state index contributed by atoms with van der Waals surface area (Å²) in [6, 6.07) is 8.50. The van der Waals surface area contributed by atoms with Crippen LogP contribution in [0.4, 0.5) is 8.78 Å². The smallest absolute Gasteiger partial charge is 0.163 e. The molecule has 0 spiro atoms. The maximum Gasteiger partial charge on any atom is 0.163 e. The predicted molar refractivity (Wildman–Crippen MR) is 80.1 cm³/mol. The fraction of sp³-hybridized carbons (Fsp3) is 0.375. The lowest BCUT2D eigenvalue weighted by atomic mass is 10.1. The molecule has 0 aliphatic carbocycles. The molecule has 1 aromatic heterocycles. The number of halogens is 2. The SMILES string of the molecule is Cc1ccc(CC(C)NC(C)c2cccc(F)c2F)s1. The molecule has 2 atom stereocenters. The van der Waals surface area contributed by atoms with Crippen LogP contribution in [-0.2, 0) is 6.42 Å². The van der Waals surface area contributed by atoms with Gasteiger partial charge in [0.2, 0.25) is 0 Å². The van der Waals surface area contributed by atoms with Crippen LogP contribution in [0.1, 0.15) is 35.2 Å². The number of hydrogen-bond acceptors (Lipinski definition) is 2.